The van der Waals surface area contributed by atoms with Crippen LogP contribution in [0.2, 0.25) is 0 Å². The van der Waals surface area contributed by atoms with Crippen molar-refractivity contribution in [2.75, 3.05) is 29.9 Å². The van der Waals surface area contributed by atoms with E-state index >= 15 is 0 Å². The summed E-state index contributed by atoms with van der Waals surface area (Å²) in [6, 6.07) is 2.01. The third-order valence-corrected chi connectivity index (χ3v) is 3.16. The van der Waals surface area contributed by atoms with Gasteiger partial charge in [-0.3, -0.25) is 0 Å². The minimum atomic E-state index is 0.752. The highest BCUT2D eigenvalue weighted by molar-refractivity contribution is 5.42. The molecule has 0 amide bonds. The third kappa shape index (κ3) is 3.32. The minimum Gasteiger partial charge on any atom is -0.356 e. The quantitative estimate of drug-likeness (QED) is 0.869. The van der Waals surface area contributed by atoms with Crippen LogP contribution in [0.5, 0.6) is 0 Å². The Morgan fingerprint density at radius 1 is 1.53 bits per heavy atom. The van der Waals surface area contributed by atoms with Gasteiger partial charge in [-0.1, -0.05) is 13.8 Å². The van der Waals surface area contributed by atoms with E-state index in [0.717, 1.165) is 43.7 Å². The highest BCUT2D eigenvalue weighted by Gasteiger charge is 2.17. The summed E-state index contributed by atoms with van der Waals surface area (Å²) in [5, 5.41) is 3.24. The zero-order valence-corrected chi connectivity index (χ0v) is 10.8. The van der Waals surface area contributed by atoms with Crippen LogP contribution in [0.1, 0.15) is 33.1 Å². The summed E-state index contributed by atoms with van der Waals surface area (Å²) in [5.41, 5.74) is 0. The van der Waals surface area contributed by atoms with Crippen LogP contribution in [0.4, 0.5) is 11.8 Å². The molecule has 2 rings (SSSR count). The van der Waals surface area contributed by atoms with Gasteiger partial charge in [0.05, 0.1) is 0 Å². The molecule has 94 valence electrons. The number of hydrogen-bond donors (Lipinski definition) is 1. The summed E-state index contributed by atoms with van der Waals surface area (Å²) in [7, 11) is 0. The van der Waals surface area contributed by atoms with E-state index < -0.39 is 0 Å². The second kappa shape index (κ2) is 5.84. The molecule has 0 aromatic carbocycles. The molecule has 0 aliphatic carbocycles. The molecular formula is C13H22N4. The Bertz CT molecular complexity index is 353. The predicted octanol–water partition coefficient (Wildman–Crippen LogP) is 2.53. The van der Waals surface area contributed by atoms with Gasteiger partial charge >= 0.3 is 0 Å². The van der Waals surface area contributed by atoms with Gasteiger partial charge in [-0.15, -0.1) is 0 Å². The van der Waals surface area contributed by atoms with Gasteiger partial charge in [0.2, 0.25) is 5.95 Å². The van der Waals surface area contributed by atoms with Crippen molar-refractivity contribution in [3.8, 4) is 0 Å². The topological polar surface area (TPSA) is 41.1 Å². The first-order chi connectivity index (χ1) is 8.29. The van der Waals surface area contributed by atoms with Crippen molar-refractivity contribution in [1.82, 2.24) is 9.97 Å². The number of hydrogen-bond acceptors (Lipinski definition) is 4. The summed E-state index contributed by atoms with van der Waals surface area (Å²) in [5.74, 6) is 2.58. The number of aromatic nitrogens is 2. The van der Waals surface area contributed by atoms with Gasteiger partial charge < -0.3 is 10.2 Å². The van der Waals surface area contributed by atoms with E-state index in [1.807, 2.05) is 12.3 Å². The number of nitrogens with one attached hydrogen (secondary N) is 1. The Labute approximate surface area is 103 Å². The van der Waals surface area contributed by atoms with Crippen LogP contribution < -0.4 is 10.2 Å². The van der Waals surface area contributed by atoms with Gasteiger partial charge in [-0.25, -0.2) is 4.98 Å². The molecule has 0 spiro atoms. The van der Waals surface area contributed by atoms with Crippen LogP contribution in [0.25, 0.3) is 0 Å². The molecule has 4 nitrogen and oxygen atoms in total. The second-order valence-electron chi connectivity index (χ2n) is 4.86. The van der Waals surface area contributed by atoms with Crippen molar-refractivity contribution in [3.05, 3.63) is 12.3 Å². The number of anilines is 2. The fourth-order valence-corrected chi connectivity index (χ4v) is 2.24. The van der Waals surface area contributed by atoms with E-state index in [1.54, 1.807) is 0 Å². The lowest BCUT2D eigenvalue weighted by Crippen LogP contribution is -2.34. The van der Waals surface area contributed by atoms with Gasteiger partial charge in [0, 0.05) is 25.8 Å². The van der Waals surface area contributed by atoms with Crippen molar-refractivity contribution in [3.63, 3.8) is 0 Å². The zero-order chi connectivity index (χ0) is 12.1. The minimum absolute atomic E-state index is 0.752. The fourth-order valence-electron chi connectivity index (χ4n) is 2.24. The Balaban J connectivity index is 2.04. The average Bonchev–Trinajstić information content (AvgIpc) is 2.37. The van der Waals surface area contributed by atoms with Gasteiger partial charge in [0.15, 0.2) is 0 Å². The molecule has 1 aromatic rings. The molecule has 1 atom stereocenters. The molecular weight excluding hydrogens is 212 g/mol. The molecule has 0 bridgehead atoms. The molecule has 1 aliphatic heterocycles. The van der Waals surface area contributed by atoms with Crippen molar-refractivity contribution >= 4 is 11.8 Å². The maximum absolute atomic E-state index is 4.57. The van der Waals surface area contributed by atoms with Gasteiger partial charge in [0.25, 0.3) is 0 Å². The molecule has 0 saturated carbocycles. The van der Waals surface area contributed by atoms with E-state index in [0.29, 0.717) is 0 Å². The van der Waals surface area contributed by atoms with E-state index in [4.69, 9.17) is 0 Å². The highest BCUT2D eigenvalue weighted by Crippen LogP contribution is 2.21. The summed E-state index contributed by atoms with van der Waals surface area (Å²) >= 11 is 0. The largest absolute Gasteiger partial charge is 0.356 e. The van der Waals surface area contributed by atoms with Crippen molar-refractivity contribution < 1.29 is 0 Å². The van der Waals surface area contributed by atoms with Gasteiger partial charge in [0.1, 0.15) is 5.82 Å². The van der Waals surface area contributed by atoms with E-state index in [-0.39, 0.29) is 0 Å². The Hall–Kier alpha value is -1.32. The van der Waals surface area contributed by atoms with Crippen LogP contribution in [-0.2, 0) is 0 Å². The Kier molecular flexibility index (Phi) is 4.18. The summed E-state index contributed by atoms with van der Waals surface area (Å²) in [6.07, 6.45) is 5.54. The van der Waals surface area contributed by atoms with Gasteiger partial charge in [-0.2, -0.15) is 4.98 Å². The standard InChI is InChI=1S/C13H22N4/c1-3-7-14-13-15-8-6-12(16-13)17-9-4-5-11(2)10-17/h6,8,11H,3-5,7,9-10H2,1-2H3,(H,14,15,16). The molecule has 1 saturated heterocycles. The van der Waals surface area contributed by atoms with Crippen LogP contribution in [-0.4, -0.2) is 29.6 Å². The Morgan fingerprint density at radius 3 is 3.18 bits per heavy atom. The van der Waals surface area contributed by atoms with Crippen molar-refractivity contribution in [1.29, 1.82) is 0 Å². The SMILES string of the molecule is CCCNc1nccc(N2CCCC(C)C2)n1. The Morgan fingerprint density at radius 2 is 2.41 bits per heavy atom. The van der Waals surface area contributed by atoms with Crippen molar-refractivity contribution in [2.45, 2.75) is 33.1 Å². The summed E-state index contributed by atoms with van der Waals surface area (Å²) in [6.45, 7) is 7.62. The van der Waals surface area contributed by atoms with Crippen molar-refractivity contribution in [2.24, 2.45) is 5.92 Å². The molecule has 0 radical (unpaired) electrons. The van der Waals surface area contributed by atoms with E-state index in [2.05, 4.69) is 34.0 Å². The number of piperidine rings is 1. The second-order valence-corrected chi connectivity index (χ2v) is 4.86. The lowest BCUT2D eigenvalue weighted by atomic mass is 10.0. The molecule has 1 N–H and O–H groups in total. The first-order valence-corrected chi connectivity index (χ1v) is 6.61. The molecule has 17 heavy (non-hydrogen) atoms. The third-order valence-electron chi connectivity index (χ3n) is 3.16. The molecule has 4 heteroatoms. The molecule has 2 heterocycles. The first kappa shape index (κ1) is 12.1. The summed E-state index contributed by atoms with van der Waals surface area (Å²) < 4.78 is 0. The lowest BCUT2D eigenvalue weighted by Gasteiger charge is -2.31. The summed E-state index contributed by atoms with van der Waals surface area (Å²) in [4.78, 5) is 11.2. The zero-order valence-electron chi connectivity index (χ0n) is 10.8. The molecule has 1 aliphatic rings. The maximum Gasteiger partial charge on any atom is 0.224 e. The molecule has 1 unspecified atom stereocenters. The number of rotatable bonds is 4. The van der Waals surface area contributed by atoms with Crippen LogP contribution in [0.3, 0.4) is 0 Å². The van der Waals surface area contributed by atoms with Crippen LogP contribution in [0.15, 0.2) is 12.3 Å². The van der Waals surface area contributed by atoms with Crippen LogP contribution in [0, 0.1) is 5.92 Å². The average molecular weight is 234 g/mol. The van der Waals surface area contributed by atoms with E-state index in [1.165, 1.54) is 12.8 Å². The number of nitrogens with zero attached hydrogens (tertiary/aromatic N) is 3. The predicted molar refractivity (Wildman–Crippen MR) is 71.4 cm³/mol. The highest BCUT2D eigenvalue weighted by atomic mass is 15.2. The first-order valence-electron chi connectivity index (χ1n) is 6.61. The van der Waals surface area contributed by atoms with Gasteiger partial charge in [-0.05, 0) is 31.2 Å². The monoisotopic (exact) mass is 234 g/mol. The fraction of sp³-hybridized carbons (Fsp3) is 0.692. The molecule has 1 fully saturated rings. The lowest BCUT2D eigenvalue weighted by molar-refractivity contribution is 0.444. The smallest absolute Gasteiger partial charge is 0.224 e. The normalized spacial score (nSPS) is 20.4. The molecule has 1 aromatic heterocycles. The van der Waals surface area contributed by atoms with E-state index in [9.17, 15) is 0 Å². The maximum atomic E-state index is 4.57. The van der Waals surface area contributed by atoms with Crippen LogP contribution >= 0.6 is 0 Å².